The summed E-state index contributed by atoms with van der Waals surface area (Å²) in [7, 11) is -3.52. The first-order chi connectivity index (χ1) is 15.9. The fourth-order valence-electron chi connectivity index (χ4n) is 4.09. The Morgan fingerprint density at radius 2 is 1.94 bits per heavy atom. The van der Waals surface area contributed by atoms with Crippen LogP contribution in [0.3, 0.4) is 0 Å². The number of anilines is 3. The van der Waals surface area contributed by atoms with Crippen molar-refractivity contribution in [2.75, 3.05) is 28.9 Å². The third-order valence-corrected chi connectivity index (χ3v) is 7.79. The molecule has 2 heterocycles. The Bertz CT molecular complexity index is 1200. The van der Waals surface area contributed by atoms with E-state index in [0.717, 1.165) is 5.56 Å². The number of carbonyl (C=O) groups is 1. The van der Waals surface area contributed by atoms with Crippen molar-refractivity contribution in [1.82, 2.24) is 9.88 Å². The number of carbonyl (C=O) groups excluding carboxylic acids is 1. The lowest BCUT2D eigenvalue weighted by Crippen LogP contribution is -2.33. The van der Waals surface area contributed by atoms with Gasteiger partial charge in [0.05, 0.1) is 5.25 Å². The third kappa shape index (κ3) is 5.91. The molecule has 1 saturated carbocycles. The number of amides is 2. The zero-order valence-electron chi connectivity index (χ0n) is 18.5. The number of alkyl halides is 3. The van der Waals surface area contributed by atoms with Crippen LogP contribution in [-0.4, -0.2) is 48.8 Å². The first kappa shape index (κ1) is 24.1. The fraction of sp³-hybridized carbons (Fsp3) is 0.455. The minimum atomic E-state index is -4.25. The van der Waals surface area contributed by atoms with Crippen LogP contribution < -0.4 is 15.8 Å². The molecule has 2 aromatic rings. The summed E-state index contributed by atoms with van der Waals surface area (Å²) in [6.45, 7) is 2.17. The van der Waals surface area contributed by atoms with E-state index in [-0.39, 0.29) is 24.7 Å². The maximum absolute atomic E-state index is 12.6. The predicted octanol–water partition coefficient (Wildman–Crippen LogP) is 4.35. The number of hydrogen-bond acceptors (Lipinski definition) is 5. The van der Waals surface area contributed by atoms with Crippen LogP contribution >= 0.6 is 0 Å². The van der Waals surface area contributed by atoms with E-state index in [1.165, 1.54) is 4.90 Å². The van der Waals surface area contributed by atoms with Gasteiger partial charge in [-0.15, -0.1) is 0 Å². The molecule has 2 amide bonds. The zero-order valence-corrected chi connectivity index (χ0v) is 19.3. The van der Waals surface area contributed by atoms with Gasteiger partial charge in [-0.2, -0.15) is 13.2 Å². The largest absolute Gasteiger partial charge is 0.389 e. The van der Waals surface area contributed by atoms with E-state index >= 15 is 0 Å². The number of hydrogen-bond donors (Lipinski definition) is 3. The highest BCUT2D eigenvalue weighted by molar-refractivity contribution is 7.93. The van der Waals surface area contributed by atoms with E-state index < -0.39 is 39.8 Å². The lowest BCUT2D eigenvalue weighted by molar-refractivity contribution is -0.143. The van der Waals surface area contributed by atoms with Gasteiger partial charge in [-0.1, -0.05) is 6.07 Å². The molecule has 1 aliphatic carbocycles. The number of nitrogens with two attached hydrogens (primary N) is 1. The van der Waals surface area contributed by atoms with Crippen molar-refractivity contribution in [2.45, 2.75) is 44.0 Å². The second-order valence-electron chi connectivity index (χ2n) is 8.89. The monoisotopic (exact) mass is 497 g/mol. The molecule has 1 atom stereocenters. The second kappa shape index (κ2) is 8.97. The highest BCUT2D eigenvalue weighted by atomic mass is 32.2. The van der Waals surface area contributed by atoms with E-state index in [0.29, 0.717) is 36.1 Å². The smallest absolute Gasteiger partial charge is 0.384 e. The quantitative estimate of drug-likeness (QED) is 0.549. The summed E-state index contributed by atoms with van der Waals surface area (Å²) in [5.41, 5.74) is 8.54. The molecule has 4 rings (SSSR count). The molecule has 1 aromatic heterocycles. The van der Waals surface area contributed by atoms with E-state index in [9.17, 15) is 26.4 Å². The molecule has 184 valence electrons. The van der Waals surface area contributed by atoms with Gasteiger partial charge in [0.2, 0.25) is 10.0 Å². The van der Waals surface area contributed by atoms with Gasteiger partial charge in [0, 0.05) is 25.2 Å². The number of halogens is 3. The van der Waals surface area contributed by atoms with Crippen molar-refractivity contribution >= 4 is 33.4 Å². The first-order valence-corrected chi connectivity index (χ1v) is 12.5. The zero-order chi connectivity index (χ0) is 24.7. The molecule has 2 fully saturated rings. The van der Waals surface area contributed by atoms with Crippen LogP contribution in [0, 0.1) is 12.8 Å². The number of aromatic nitrogens is 1. The topological polar surface area (TPSA) is 117 Å². The Morgan fingerprint density at radius 3 is 2.62 bits per heavy atom. The summed E-state index contributed by atoms with van der Waals surface area (Å²) in [6, 6.07) is 7.90. The third-order valence-electron chi connectivity index (χ3n) is 5.95. The van der Waals surface area contributed by atoms with Crippen LogP contribution in [-0.2, 0) is 10.0 Å². The number of benzene rings is 1. The predicted molar refractivity (Wildman–Crippen MR) is 124 cm³/mol. The molecule has 0 spiro atoms. The molecular formula is C22H26F3N5O3S. The van der Waals surface area contributed by atoms with E-state index in [1.807, 2.05) is 6.92 Å². The van der Waals surface area contributed by atoms with Crippen LogP contribution in [0.4, 0.5) is 35.3 Å². The molecule has 0 unspecified atom stereocenters. The van der Waals surface area contributed by atoms with Crippen LogP contribution in [0.15, 0.2) is 30.3 Å². The fourth-order valence-corrected chi connectivity index (χ4v) is 5.41. The van der Waals surface area contributed by atoms with Gasteiger partial charge in [0.25, 0.3) is 0 Å². The lowest BCUT2D eigenvalue weighted by Gasteiger charge is -2.19. The Morgan fingerprint density at radius 1 is 1.21 bits per heavy atom. The molecular weight excluding hydrogens is 471 g/mol. The van der Waals surface area contributed by atoms with E-state index in [4.69, 9.17) is 5.73 Å². The average Bonchev–Trinajstić information content (AvgIpc) is 3.49. The Labute approximate surface area is 195 Å². The van der Waals surface area contributed by atoms with Gasteiger partial charge in [-0.05, 0) is 73.1 Å². The maximum atomic E-state index is 12.6. The SMILES string of the molecule is Cc1ccc(NC(=O)N2CC[C@@H](CC(F)(F)F)C2)cc1-c1cc(N)nc(NS(=O)(=O)C2CC2)c1. The van der Waals surface area contributed by atoms with Crippen LogP contribution in [0.2, 0.25) is 0 Å². The van der Waals surface area contributed by atoms with Crippen molar-refractivity contribution in [3.8, 4) is 11.1 Å². The average molecular weight is 498 g/mol. The molecule has 34 heavy (non-hydrogen) atoms. The highest BCUT2D eigenvalue weighted by Gasteiger charge is 2.37. The molecule has 8 nitrogen and oxygen atoms in total. The summed E-state index contributed by atoms with van der Waals surface area (Å²) >= 11 is 0. The molecule has 1 aromatic carbocycles. The minimum absolute atomic E-state index is 0.0510. The number of pyridine rings is 1. The second-order valence-corrected chi connectivity index (χ2v) is 10.9. The Hall–Kier alpha value is -3.02. The van der Waals surface area contributed by atoms with Gasteiger partial charge >= 0.3 is 12.2 Å². The van der Waals surface area contributed by atoms with Crippen molar-refractivity contribution in [1.29, 1.82) is 0 Å². The number of urea groups is 1. The Balaban J connectivity index is 1.50. The van der Waals surface area contributed by atoms with Gasteiger partial charge in [0.15, 0.2) is 0 Å². The van der Waals surface area contributed by atoms with Crippen LogP contribution in [0.25, 0.3) is 11.1 Å². The molecule has 0 radical (unpaired) electrons. The van der Waals surface area contributed by atoms with Crippen molar-refractivity contribution in [3.05, 3.63) is 35.9 Å². The van der Waals surface area contributed by atoms with Crippen molar-refractivity contribution < 1.29 is 26.4 Å². The molecule has 2 aliphatic rings. The lowest BCUT2D eigenvalue weighted by atomic mass is 10.0. The molecule has 12 heteroatoms. The van der Waals surface area contributed by atoms with Gasteiger partial charge in [0.1, 0.15) is 11.6 Å². The van der Waals surface area contributed by atoms with Crippen LogP contribution in [0.1, 0.15) is 31.2 Å². The van der Waals surface area contributed by atoms with Crippen LogP contribution in [0.5, 0.6) is 0 Å². The number of sulfonamides is 1. The number of aryl methyl sites for hydroxylation is 1. The number of likely N-dealkylation sites (tertiary alicyclic amines) is 1. The molecule has 4 N–H and O–H groups in total. The van der Waals surface area contributed by atoms with Gasteiger partial charge in [-0.25, -0.2) is 18.2 Å². The summed E-state index contributed by atoms with van der Waals surface area (Å²) in [5.74, 6) is -0.354. The van der Waals surface area contributed by atoms with Gasteiger partial charge < -0.3 is 16.0 Å². The summed E-state index contributed by atoms with van der Waals surface area (Å²) in [4.78, 5) is 18.1. The number of nitrogens with zero attached hydrogens (tertiary/aromatic N) is 2. The number of rotatable bonds is 6. The number of nitrogens with one attached hydrogen (secondary N) is 2. The maximum Gasteiger partial charge on any atom is 0.389 e. The van der Waals surface area contributed by atoms with E-state index in [2.05, 4.69) is 15.0 Å². The molecule has 0 bridgehead atoms. The Kier molecular flexibility index (Phi) is 6.36. The highest BCUT2D eigenvalue weighted by Crippen LogP contribution is 2.33. The number of nitrogen functional groups attached to an aromatic ring is 1. The first-order valence-electron chi connectivity index (χ1n) is 10.9. The minimum Gasteiger partial charge on any atom is -0.384 e. The summed E-state index contributed by atoms with van der Waals surface area (Å²) in [6.07, 6.45) is -3.62. The van der Waals surface area contributed by atoms with Crippen molar-refractivity contribution in [3.63, 3.8) is 0 Å². The standard InChI is InChI=1S/C22H26F3N5O3S/c1-13-2-3-16(27-21(31)30-7-6-14(12-30)11-22(23,24)25)10-18(13)15-8-19(26)28-20(9-15)29-34(32,33)17-4-5-17/h2-3,8-10,14,17H,4-7,11-12H2,1H3,(H,27,31)(H3,26,28,29)/t14-/m0/s1. The van der Waals surface area contributed by atoms with E-state index in [1.54, 1.807) is 30.3 Å². The summed E-state index contributed by atoms with van der Waals surface area (Å²) in [5, 5.41) is 2.33. The molecule has 1 saturated heterocycles. The molecule has 1 aliphatic heterocycles. The normalized spacial score (nSPS) is 18.7. The summed E-state index contributed by atoms with van der Waals surface area (Å²) < 4.78 is 65.0. The van der Waals surface area contributed by atoms with Crippen molar-refractivity contribution in [2.24, 2.45) is 5.92 Å². The van der Waals surface area contributed by atoms with Gasteiger partial charge in [-0.3, -0.25) is 4.72 Å².